The number of rotatable bonds is 6. The first-order chi connectivity index (χ1) is 8.67. The zero-order valence-electron chi connectivity index (χ0n) is 9.93. The van der Waals surface area contributed by atoms with Crippen molar-refractivity contribution < 1.29 is 14.0 Å². The van der Waals surface area contributed by atoms with Crippen LogP contribution in [-0.4, -0.2) is 30.4 Å². The standard InChI is InChI=1S/C12H16FN3O2/c13-11-4-1-3-10(7-11)8-15-12(18)16(9-17)6-2-5-14/h1,3-4,7,9H,2,5-6,8,14H2,(H,15,18). The second-order valence-electron chi connectivity index (χ2n) is 3.73. The minimum Gasteiger partial charge on any atom is -0.334 e. The first kappa shape index (κ1) is 14.1. The van der Waals surface area contributed by atoms with Crippen molar-refractivity contribution in [2.45, 2.75) is 13.0 Å². The molecule has 3 N–H and O–H groups in total. The van der Waals surface area contributed by atoms with Gasteiger partial charge < -0.3 is 11.1 Å². The van der Waals surface area contributed by atoms with Gasteiger partial charge in [-0.05, 0) is 30.7 Å². The van der Waals surface area contributed by atoms with Crippen LogP contribution < -0.4 is 11.1 Å². The Morgan fingerprint density at radius 3 is 2.89 bits per heavy atom. The van der Waals surface area contributed by atoms with Crippen LogP contribution in [0.5, 0.6) is 0 Å². The van der Waals surface area contributed by atoms with E-state index in [0.29, 0.717) is 24.9 Å². The molecular formula is C12H16FN3O2. The van der Waals surface area contributed by atoms with Crippen molar-refractivity contribution in [3.05, 3.63) is 35.6 Å². The summed E-state index contributed by atoms with van der Waals surface area (Å²) in [6.45, 7) is 0.847. The smallest absolute Gasteiger partial charge is 0.324 e. The molecule has 0 atom stereocenters. The maximum atomic E-state index is 12.9. The number of hydrogen-bond acceptors (Lipinski definition) is 3. The maximum Gasteiger partial charge on any atom is 0.324 e. The van der Waals surface area contributed by atoms with Crippen LogP contribution in [0.25, 0.3) is 0 Å². The van der Waals surface area contributed by atoms with E-state index in [1.165, 1.54) is 12.1 Å². The summed E-state index contributed by atoms with van der Waals surface area (Å²) in [5.41, 5.74) is 5.93. The second-order valence-corrected chi connectivity index (χ2v) is 3.73. The zero-order valence-corrected chi connectivity index (χ0v) is 9.93. The molecule has 1 aromatic carbocycles. The molecule has 0 bridgehead atoms. The predicted molar refractivity (Wildman–Crippen MR) is 65.1 cm³/mol. The summed E-state index contributed by atoms with van der Waals surface area (Å²) in [5, 5.41) is 2.53. The van der Waals surface area contributed by atoms with E-state index in [-0.39, 0.29) is 18.9 Å². The van der Waals surface area contributed by atoms with Crippen LogP contribution in [0.1, 0.15) is 12.0 Å². The topological polar surface area (TPSA) is 75.4 Å². The quantitative estimate of drug-likeness (QED) is 0.738. The zero-order chi connectivity index (χ0) is 13.4. The van der Waals surface area contributed by atoms with Gasteiger partial charge in [-0.1, -0.05) is 12.1 Å². The normalized spacial score (nSPS) is 9.89. The van der Waals surface area contributed by atoms with E-state index in [1.807, 2.05) is 0 Å². The van der Waals surface area contributed by atoms with Crippen LogP contribution in [0.15, 0.2) is 24.3 Å². The molecule has 0 aliphatic heterocycles. The number of nitrogens with one attached hydrogen (secondary N) is 1. The molecule has 0 aliphatic carbocycles. The van der Waals surface area contributed by atoms with E-state index < -0.39 is 6.03 Å². The number of halogens is 1. The Morgan fingerprint density at radius 1 is 1.50 bits per heavy atom. The van der Waals surface area contributed by atoms with Crippen LogP contribution in [-0.2, 0) is 11.3 Å². The lowest BCUT2D eigenvalue weighted by Gasteiger charge is -2.15. The van der Waals surface area contributed by atoms with Gasteiger partial charge in [0.1, 0.15) is 5.82 Å². The first-order valence-electron chi connectivity index (χ1n) is 5.61. The van der Waals surface area contributed by atoms with E-state index in [0.717, 1.165) is 4.90 Å². The highest BCUT2D eigenvalue weighted by atomic mass is 19.1. The molecule has 6 heteroatoms. The molecule has 98 valence electrons. The van der Waals surface area contributed by atoms with Crippen molar-refractivity contribution in [2.24, 2.45) is 5.73 Å². The molecule has 18 heavy (non-hydrogen) atoms. The average Bonchev–Trinajstić information content (AvgIpc) is 2.37. The molecule has 0 spiro atoms. The van der Waals surface area contributed by atoms with E-state index in [4.69, 9.17) is 5.73 Å². The van der Waals surface area contributed by atoms with E-state index in [2.05, 4.69) is 5.32 Å². The summed E-state index contributed by atoms with van der Waals surface area (Å²) in [6, 6.07) is 5.38. The highest BCUT2D eigenvalue weighted by molar-refractivity contribution is 5.84. The third-order valence-electron chi connectivity index (χ3n) is 2.32. The van der Waals surface area contributed by atoms with Gasteiger partial charge in [-0.3, -0.25) is 9.69 Å². The molecule has 0 unspecified atom stereocenters. The van der Waals surface area contributed by atoms with E-state index in [9.17, 15) is 14.0 Å². The lowest BCUT2D eigenvalue weighted by molar-refractivity contribution is -0.115. The SMILES string of the molecule is NCCCN(C=O)C(=O)NCc1cccc(F)c1. The maximum absolute atomic E-state index is 12.9. The summed E-state index contributed by atoms with van der Waals surface area (Å²) in [5.74, 6) is -0.364. The minimum absolute atomic E-state index is 0.170. The predicted octanol–water partition coefficient (Wildman–Crippen LogP) is 0.842. The molecule has 1 aromatic rings. The summed E-state index contributed by atoms with van der Waals surface area (Å²) < 4.78 is 12.9. The number of benzene rings is 1. The second kappa shape index (κ2) is 7.39. The summed E-state index contributed by atoms with van der Waals surface area (Å²) >= 11 is 0. The third-order valence-corrected chi connectivity index (χ3v) is 2.32. The number of imide groups is 1. The van der Waals surface area contributed by atoms with Gasteiger partial charge in [-0.15, -0.1) is 0 Å². The van der Waals surface area contributed by atoms with E-state index in [1.54, 1.807) is 12.1 Å². The number of amides is 3. The highest BCUT2D eigenvalue weighted by Gasteiger charge is 2.10. The number of urea groups is 1. The Labute approximate surface area is 105 Å². The lowest BCUT2D eigenvalue weighted by atomic mass is 10.2. The van der Waals surface area contributed by atoms with Gasteiger partial charge in [0.25, 0.3) is 0 Å². The molecular weight excluding hydrogens is 237 g/mol. The van der Waals surface area contributed by atoms with Gasteiger partial charge in [0, 0.05) is 13.1 Å². The van der Waals surface area contributed by atoms with Crippen molar-refractivity contribution in [1.82, 2.24) is 10.2 Å². The Balaban J connectivity index is 2.46. The third kappa shape index (κ3) is 4.50. The Bertz CT molecular complexity index is 412. The van der Waals surface area contributed by atoms with Crippen LogP contribution in [0, 0.1) is 5.82 Å². The monoisotopic (exact) mass is 253 g/mol. The number of hydrogen-bond donors (Lipinski definition) is 2. The molecule has 3 amide bonds. The van der Waals surface area contributed by atoms with Gasteiger partial charge in [0.05, 0.1) is 0 Å². The van der Waals surface area contributed by atoms with Crippen molar-refractivity contribution in [3.63, 3.8) is 0 Å². The molecule has 0 heterocycles. The van der Waals surface area contributed by atoms with Gasteiger partial charge in [-0.2, -0.15) is 0 Å². The largest absolute Gasteiger partial charge is 0.334 e. The van der Waals surface area contributed by atoms with Gasteiger partial charge in [0.15, 0.2) is 0 Å². The van der Waals surface area contributed by atoms with Crippen molar-refractivity contribution >= 4 is 12.4 Å². The Hall–Kier alpha value is -1.95. The number of nitrogens with two attached hydrogens (primary N) is 1. The Morgan fingerprint density at radius 2 is 2.28 bits per heavy atom. The van der Waals surface area contributed by atoms with Gasteiger partial charge >= 0.3 is 6.03 Å². The average molecular weight is 253 g/mol. The number of carbonyl (C=O) groups excluding carboxylic acids is 2. The van der Waals surface area contributed by atoms with Crippen molar-refractivity contribution in [3.8, 4) is 0 Å². The summed E-state index contributed by atoms with van der Waals surface area (Å²) in [7, 11) is 0. The van der Waals surface area contributed by atoms with Crippen LogP contribution in [0.2, 0.25) is 0 Å². The van der Waals surface area contributed by atoms with E-state index >= 15 is 0 Å². The lowest BCUT2D eigenvalue weighted by Crippen LogP contribution is -2.39. The fourth-order valence-corrected chi connectivity index (χ4v) is 1.39. The highest BCUT2D eigenvalue weighted by Crippen LogP contribution is 2.03. The minimum atomic E-state index is -0.511. The molecule has 5 nitrogen and oxygen atoms in total. The molecule has 0 radical (unpaired) electrons. The first-order valence-corrected chi connectivity index (χ1v) is 5.61. The van der Waals surface area contributed by atoms with Crippen molar-refractivity contribution in [2.75, 3.05) is 13.1 Å². The number of nitrogens with zero attached hydrogens (tertiary/aromatic N) is 1. The van der Waals surface area contributed by atoms with Gasteiger partial charge in [0.2, 0.25) is 6.41 Å². The van der Waals surface area contributed by atoms with Crippen molar-refractivity contribution in [1.29, 1.82) is 0 Å². The molecule has 0 fully saturated rings. The molecule has 0 saturated carbocycles. The fourth-order valence-electron chi connectivity index (χ4n) is 1.39. The fraction of sp³-hybridized carbons (Fsp3) is 0.333. The molecule has 0 aromatic heterocycles. The molecule has 0 saturated heterocycles. The summed E-state index contributed by atoms with van der Waals surface area (Å²) in [6.07, 6.45) is 1.00. The van der Waals surface area contributed by atoms with Crippen LogP contribution >= 0.6 is 0 Å². The Kier molecular flexibility index (Phi) is 5.79. The van der Waals surface area contributed by atoms with Crippen LogP contribution in [0.3, 0.4) is 0 Å². The number of carbonyl (C=O) groups is 2. The summed E-state index contributed by atoms with van der Waals surface area (Å²) in [4.78, 5) is 23.3. The van der Waals surface area contributed by atoms with Gasteiger partial charge in [-0.25, -0.2) is 9.18 Å². The van der Waals surface area contributed by atoms with Crippen LogP contribution in [0.4, 0.5) is 9.18 Å². The molecule has 1 rings (SSSR count). The molecule has 0 aliphatic rings.